The Morgan fingerprint density at radius 3 is 3.00 bits per heavy atom. The summed E-state index contributed by atoms with van der Waals surface area (Å²) in [5.74, 6) is 1.52. The van der Waals surface area contributed by atoms with E-state index in [1.807, 2.05) is 0 Å². The molecule has 1 aromatic rings. The van der Waals surface area contributed by atoms with Crippen molar-refractivity contribution in [2.24, 2.45) is 5.92 Å². The number of rotatable bonds is 1. The third kappa shape index (κ3) is 1.37. The van der Waals surface area contributed by atoms with Gasteiger partial charge in [0.15, 0.2) is 0 Å². The summed E-state index contributed by atoms with van der Waals surface area (Å²) in [5, 5.41) is 7.76. The second-order valence-electron chi connectivity index (χ2n) is 3.28. The first-order valence-corrected chi connectivity index (χ1v) is 4.25. The molecule has 0 spiro atoms. The quantitative estimate of drug-likeness (QED) is 0.613. The van der Waals surface area contributed by atoms with E-state index in [0.29, 0.717) is 0 Å². The van der Waals surface area contributed by atoms with Crippen LogP contribution < -0.4 is 4.90 Å². The zero-order chi connectivity index (χ0) is 8.39. The molecule has 0 N–H and O–H groups in total. The molecule has 2 heterocycles. The molecule has 0 radical (unpaired) electrons. The van der Waals surface area contributed by atoms with Crippen LogP contribution in [0.5, 0.6) is 0 Å². The van der Waals surface area contributed by atoms with Crippen molar-refractivity contribution in [3.05, 3.63) is 12.4 Å². The van der Waals surface area contributed by atoms with Crippen molar-refractivity contribution in [1.82, 2.24) is 15.2 Å². The van der Waals surface area contributed by atoms with Gasteiger partial charge in [-0.2, -0.15) is 5.10 Å². The zero-order valence-corrected chi connectivity index (χ0v) is 7.14. The van der Waals surface area contributed by atoms with Crippen molar-refractivity contribution in [2.45, 2.75) is 13.3 Å². The average Bonchev–Trinajstić information content (AvgIpc) is 2.54. The van der Waals surface area contributed by atoms with Crippen LogP contribution in [0.4, 0.5) is 5.95 Å². The smallest absolute Gasteiger partial charge is 0.245 e. The SMILES string of the molecule is CC1CCN(c2nccnn2)C1. The second-order valence-corrected chi connectivity index (χ2v) is 3.28. The molecule has 1 aliphatic heterocycles. The minimum Gasteiger partial charge on any atom is -0.339 e. The van der Waals surface area contributed by atoms with Gasteiger partial charge in [0.1, 0.15) is 0 Å². The molecule has 0 aromatic carbocycles. The highest BCUT2D eigenvalue weighted by atomic mass is 15.3. The Balaban J connectivity index is 2.11. The van der Waals surface area contributed by atoms with Gasteiger partial charge in [0, 0.05) is 13.1 Å². The molecule has 64 valence electrons. The van der Waals surface area contributed by atoms with Gasteiger partial charge >= 0.3 is 0 Å². The van der Waals surface area contributed by atoms with Crippen molar-refractivity contribution in [2.75, 3.05) is 18.0 Å². The van der Waals surface area contributed by atoms with E-state index in [1.54, 1.807) is 12.4 Å². The maximum Gasteiger partial charge on any atom is 0.245 e. The van der Waals surface area contributed by atoms with Gasteiger partial charge in [-0.25, -0.2) is 4.98 Å². The molecule has 0 bridgehead atoms. The van der Waals surface area contributed by atoms with Crippen LogP contribution in [0.1, 0.15) is 13.3 Å². The van der Waals surface area contributed by atoms with E-state index in [0.717, 1.165) is 25.0 Å². The minimum absolute atomic E-state index is 0.758. The van der Waals surface area contributed by atoms with Crippen LogP contribution in [-0.2, 0) is 0 Å². The van der Waals surface area contributed by atoms with Crippen LogP contribution in [0.25, 0.3) is 0 Å². The van der Waals surface area contributed by atoms with Crippen LogP contribution in [0, 0.1) is 5.92 Å². The van der Waals surface area contributed by atoms with E-state index in [2.05, 4.69) is 27.0 Å². The highest BCUT2D eigenvalue weighted by Crippen LogP contribution is 2.18. The summed E-state index contributed by atoms with van der Waals surface area (Å²) in [5.41, 5.74) is 0. The molecule has 0 amide bonds. The van der Waals surface area contributed by atoms with Crippen molar-refractivity contribution < 1.29 is 0 Å². The largest absolute Gasteiger partial charge is 0.339 e. The summed E-state index contributed by atoms with van der Waals surface area (Å²) >= 11 is 0. The number of nitrogens with zero attached hydrogens (tertiary/aromatic N) is 4. The minimum atomic E-state index is 0.758. The molecule has 4 heteroatoms. The van der Waals surface area contributed by atoms with Gasteiger partial charge in [-0.3, -0.25) is 0 Å². The topological polar surface area (TPSA) is 41.9 Å². The Labute approximate surface area is 71.6 Å². The van der Waals surface area contributed by atoms with Crippen LogP contribution in [0.2, 0.25) is 0 Å². The predicted octanol–water partition coefficient (Wildman–Crippen LogP) is 0.718. The van der Waals surface area contributed by atoms with E-state index >= 15 is 0 Å². The number of aromatic nitrogens is 3. The van der Waals surface area contributed by atoms with E-state index < -0.39 is 0 Å². The molecule has 2 rings (SSSR count). The highest BCUT2D eigenvalue weighted by molar-refractivity contribution is 5.28. The molecule has 1 aromatic heterocycles. The van der Waals surface area contributed by atoms with Gasteiger partial charge in [-0.15, -0.1) is 5.10 Å². The molecule has 12 heavy (non-hydrogen) atoms. The predicted molar refractivity (Wildman–Crippen MR) is 45.8 cm³/mol. The molecule has 1 unspecified atom stereocenters. The van der Waals surface area contributed by atoms with Gasteiger partial charge in [0.2, 0.25) is 5.95 Å². The normalized spacial score (nSPS) is 23.1. The number of anilines is 1. The van der Waals surface area contributed by atoms with Crippen molar-refractivity contribution in [3.63, 3.8) is 0 Å². The maximum atomic E-state index is 4.15. The Morgan fingerprint density at radius 2 is 2.42 bits per heavy atom. The van der Waals surface area contributed by atoms with E-state index in [1.165, 1.54) is 6.42 Å². The zero-order valence-electron chi connectivity index (χ0n) is 7.14. The molecule has 4 nitrogen and oxygen atoms in total. The van der Waals surface area contributed by atoms with Crippen LogP contribution in [0.15, 0.2) is 12.4 Å². The number of hydrogen-bond acceptors (Lipinski definition) is 4. The maximum absolute atomic E-state index is 4.15. The molecule has 1 fully saturated rings. The molecule has 0 saturated carbocycles. The monoisotopic (exact) mass is 164 g/mol. The van der Waals surface area contributed by atoms with Crippen LogP contribution in [-0.4, -0.2) is 28.3 Å². The fourth-order valence-corrected chi connectivity index (χ4v) is 1.50. The number of hydrogen-bond donors (Lipinski definition) is 0. The lowest BCUT2D eigenvalue weighted by molar-refractivity contribution is 0.657. The summed E-state index contributed by atoms with van der Waals surface area (Å²) in [6.07, 6.45) is 4.52. The lowest BCUT2D eigenvalue weighted by Crippen LogP contribution is -2.21. The molecule has 1 saturated heterocycles. The molecule has 1 atom stereocenters. The van der Waals surface area contributed by atoms with Crippen LogP contribution >= 0.6 is 0 Å². The molecular weight excluding hydrogens is 152 g/mol. The lowest BCUT2D eigenvalue weighted by Gasteiger charge is -2.13. The second kappa shape index (κ2) is 3.05. The summed E-state index contributed by atoms with van der Waals surface area (Å²) in [4.78, 5) is 6.33. The van der Waals surface area contributed by atoms with Crippen molar-refractivity contribution in [3.8, 4) is 0 Å². The van der Waals surface area contributed by atoms with E-state index in [4.69, 9.17) is 0 Å². The Morgan fingerprint density at radius 1 is 1.50 bits per heavy atom. The molecule has 1 aliphatic rings. The first-order chi connectivity index (χ1) is 5.86. The van der Waals surface area contributed by atoms with Crippen molar-refractivity contribution >= 4 is 5.95 Å². The van der Waals surface area contributed by atoms with Gasteiger partial charge in [0.25, 0.3) is 0 Å². The third-order valence-electron chi connectivity index (χ3n) is 2.18. The van der Waals surface area contributed by atoms with E-state index in [9.17, 15) is 0 Å². The van der Waals surface area contributed by atoms with Gasteiger partial charge < -0.3 is 4.90 Å². The fourth-order valence-electron chi connectivity index (χ4n) is 1.50. The van der Waals surface area contributed by atoms with Gasteiger partial charge in [-0.05, 0) is 12.3 Å². The first kappa shape index (κ1) is 7.46. The first-order valence-electron chi connectivity index (χ1n) is 4.25. The summed E-state index contributed by atoms with van der Waals surface area (Å²) < 4.78 is 0. The van der Waals surface area contributed by atoms with E-state index in [-0.39, 0.29) is 0 Å². The highest BCUT2D eigenvalue weighted by Gasteiger charge is 2.20. The summed E-state index contributed by atoms with van der Waals surface area (Å²) in [7, 11) is 0. The van der Waals surface area contributed by atoms with Gasteiger partial charge in [-0.1, -0.05) is 6.92 Å². The third-order valence-corrected chi connectivity index (χ3v) is 2.18. The Bertz CT molecular complexity index is 248. The fraction of sp³-hybridized carbons (Fsp3) is 0.625. The molecule has 0 aliphatic carbocycles. The van der Waals surface area contributed by atoms with Crippen LogP contribution in [0.3, 0.4) is 0 Å². The summed E-state index contributed by atoms with van der Waals surface area (Å²) in [6.45, 7) is 4.37. The standard InChI is InChI=1S/C8H12N4/c1-7-2-5-12(6-7)8-9-3-4-10-11-8/h3-4,7H,2,5-6H2,1H3. The van der Waals surface area contributed by atoms with Gasteiger partial charge in [0.05, 0.1) is 12.4 Å². The Kier molecular flexibility index (Phi) is 1.89. The average molecular weight is 164 g/mol. The lowest BCUT2D eigenvalue weighted by atomic mass is 10.2. The van der Waals surface area contributed by atoms with Crippen molar-refractivity contribution in [1.29, 1.82) is 0 Å². The Hall–Kier alpha value is -1.19. The summed E-state index contributed by atoms with van der Waals surface area (Å²) in [6, 6.07) is 0. The molecular formula is C8H12N4.